The minimum atomic E-state index is -0.235. The number of rotatable bonds is 3. The lowest BCUT2D eigenvalue weighted by Crippen LogP contribution is -2.17. The van der Waals surface area contributed by atoms with Gasteiger partial charge in [0.1, 0.15) is 0 Å². The van der Waals surface area contributed by atoms with E-state index in [-0.39, 0.29) is 5.91 Å². The quantitative estimate of drug-likeness (QED) is 0.834. The molecule has 5 nitrogen and oxygen atoms in total. The van der Waals surface area contributed by atoms with Crippen molar-refractivity contribution in [2.24, 2.45) is 0 Å². The van der Waals surface area contributed by atoms with Crippen molar-refractivity contribution in [1.82, 2.24) is 10.2 Å². The fourth-order valence-electron chi connectivity index (χ4n) is 2.05. The van der Waals surface area contributed by atoms with Crippen LogP contribution in [0, 0.1) is 13.8 Å². The molecule has 21 heavy (non-hydrogen) atoms. The number of amides is 1. The van der Waals surface area contributed by atoms with Crippen molar-refractivity contribution in [2.75, 3.05) is 11.1 Å². The van der Waals surface area contributed by atoms with Gasteiger partial charge < -0.3 is 11.1 Å². The molecule has 0 fully saturated rings. The molecule has 0 radical (unpaired) electrons. The molecular weight excluding hydrogens is 332 g/mol. The lowest BCUT2D eigenvalue weighted by atomic mass is 10.1. The minimum Gasteiger partial charge on any atom is -0.397 e. The normalized spacial score (nSPS) is 10.5. The van der Waals surface area contributed by atoms with Gasteiger partial charge in [0.25, 0.3) is 5.91 Å². The number of aryl methyl sites for hydroxylation is 3. The van der Waals surface area contributed by atoms with Crippen molar-refractivity contribution < 1.29 is 4.79 Å². The fraction of sp³-hybridized carbons (Fsp3) is 0.267. The number of benzene rings is 1. The molecule has 3 N–H and O–H groups in total. The Hall–Kier alpha value is -1.95. The molecule has 0 bridgehead atoms. The largest absolute Gasteiger partial charge is 0.397 e. The Kier molecular flexibility index (Phi) is 4.57. The number of carbonyl (C=O) groups excluding carboxylic acids is 1. The van der Waals surface area contributed by atoms with Crippen molar-refractivity contribution >= 4 is 33.2 Å². The van der Waals surface area contributed by atoms with Gasteiger partial charge in [-0.25, -0.2) is 0 Å². The molecule has 0 atom stereocenters. The van der Waals surface area contributed by atoms with Gasteiger partial charge in [-0.15, -0.1) is 0 Å². The van der Waals surface area contributed by atoms with Crippen LogP contribution >= 0.6 is 15.9 Å². The lowest BCUT2D eigenvalue weighted by Gasteiger charge is -2.13. The minimum absolute atomic E-state index is 0.235. The van der Waals surface area contributed by atoms with E-state index < -0.39 is 0 Å². The van der Waals surface area contributed by atoms with Crippen LogP contribution < -0.4 is 11.1 Å². The summed E-state index contributed by atoms with van der Waals surface area (Å²) in [5.41, 5.74) is 9.98. The highest BCUT2D eigenvalue weighted by Crippen LogP contribution is 2.30. The van der Waals surface area contributed by atoms with E-state index in [1.54, 1.807) is 13.0 Å². The van der Waals surface area contributed by atoms with Crippen LogP contribution in [-0.2, 0) is 6.42 Å². The van der Waals surface area contributed by atoms with Crippen molar-refractivity contribution in [3.8, 4) is 0 Å². The van der Waals surface area contributed by atoms with Crippen LogP contribution in [0.5, 0.6) is 0 Å². The maximum Gasteiger partial charge on any atom is 0.257 e. The highest BCUT2D eigenvalue weighted by atomic mass is 79.9. The summed E-state index contributed by atoms with van der Waals surface area (Å²) in [4.78, 5) is 12.5. The van der Waals surface area contributed by atoms with E-state index in [2.05, 4.69) is 31.4 Å². The number of aromatic nitrogens is 2. The zero-order valence-corrected chi connectivity index (χ0v) is 13.8. The van der Waals surface area contributed by atoms with E-state index in [1.807, 2.05) is 26.0 Å². The number of anilines is 2. The smallest absolute Gasteiger partial charge is 0.257 e. The number of carbonyl (C=O) groups is 1. The van der Waals surface area contributed by atoms with Gasteiger partial charge in [-0.1, -0.05) is 6.92 Å². The number of nitrogens with zero attached hydrogens (tertiary/aromatic N) is 2. The molecule has 0 spiro atoms. The molecule has 110 valence electrons. The molecule has 0 saturated carbocycles. The predicted octanol–water partition coefficient (Wildman–Crippen LogP) is 3.25. The Morgan fingerprint density at radius 3 is 2.62 bits per heavy atom. The van der Waals surface area contributed by atoms with Gasteiger partial charge in [-0.05, 0) is 60.0 Å². The van der Waals surface area contributed by atoms with Gasteiger partial charge in [0.2, 0.25) is 0 Å². The average Bonchev–Trinajstić information content (AvgIpc) is 2.42. The molecule has 0 unspecified atom stereocenters. The van der Waals surface area contributed by atoms with Gasteiger partial charge in [0, 0.05) is 4.47 Å². The Balaban J connectivity index is 2.37. The number of nitrogens with two attached hydrogens (primary N) is 1. The van der Waals surface area contributed by atoms with E-state index in [1.165, 1.54) is 0 Å². The van der Waals surface area contributed by atoms with E-state index in [0.717, 1.165) is 10.0 Å². The van der Waals surface area contributed by atoms with Crippen molar-refractivity contribution in [3.05, 3.63) is 45.2 Å². The van der Waals surface area contributed by atoms with Crippen LogP contribution in [0.25, 0.3) is 0 Å². The molecule has 2 aromatic rings. The maximum absolute atomic E-state index is 12.5. The summed E-state index contributed by atoms with van der Waals surface area (Å²) >= 11 is 3.43. The Morgan fingerprint density at radius 1 is 1.29 bits per heavy atom. The van der Waals surface area contributed by atoms with Gasteiger partial charge in [-0.2, -0.15) is 10.2 Å². The van der Waals surface area contributed by atoms with Gasteiger partial charge in [0.15, 0.2) is 0 Å². The SMILES string of the molecule is CCc1nnc(C)cc1C(=O)Nc1c(N)cc(C)cc1Br. The highest BCUT2D eigenvalue weighted by Gasteiger charge is 2.16. The number of nitrogen functional groups attached to an aromatic ring is 1. The summed E-state index contributed by atoms with van der Waals surface area (Å²) in [6, 6.07) is 5.46. The summed E-state index contributed by atoms with van der Waals surface area (Å²) in [7, 11) is 0. The summed E-state index contributed by atoms with van der Waals surface area (Å²) in [5, 5.41) is 10.9. The van der Waals surface area contributed by atoms with Crippen molar-refractivity contribution in [3.63, 3.8) is 0 Å². The molecule has 0 aliphatic carbocycles. The summed E-state index contributed by atoms with van der Waals surface area (Å²) < 4.78 is 0.755. The lowest BCUT2D eigenvalue weighted by molar-refractivity contribution is 0.102. The molecule has 0 aliphatic heterocycles. The third-order valence-electron chi connectivity index (χ3n) is 3.08. The monoisotopic (exact) mass is 348 g/mol. The summed E-state index contributed by atoms with van der Waals surface area (Å²) in [6.07, 6.45) is 0.639. The maximum atomic E-state index is 12.5. The first-order valence-electron chi connectivity index (χ1n) is 6.62. The van der Waals surface area contributed by atoms with E-state index >= 15 is 0 Å². The zero-order chi connectivity index (χ0) is 15.6. The second-order valence-electron chi connectivity index (χ2n) is 4.86. The van der Waals surface area contributed by atoms with E-state index in [0.29, 0.717) is 34.7 Å². The topological polar surface area (TPSA) is 80.9 Å². The molecule has 0 saturated heterocycles. The van der Waals surface area contributed by atoms with Gasteiger partial charge >= 0.3 is 0 Å². The van der Waals surface area contributed by atoms with Crippen LogP contribution in [-0.4, -0.2) is 16.1 Å². The molecule has 1 heterocycles. The standard InChI is InChI=1S/C15H17BrN4O/c1-4-13-10(7-9(3)19-20-13)15(21)18-14-11(16)5-8(2)6-12(14)17/h5-7H,4,17H2,1-3H3,(H,18,21). The number of nitrogens with one attached hydrogen (secondary N) is 1. The van der Waals surface area contributed by atoms with Crippen LogP contribution in [0.15, 0.2) is 22.7 Å². The van der Waals surface area contributed by atoms with Crippen molar-refractivity contribution in [1.29, 1.82) is 0 Å². The van der Waals surface area contributed by atoms with E-state index in [9.17, 15) is 4.79 Å². The Labute approximate surface area is 132 Å². The molecule has 1 amide bonds. The van der Waals surface area contributed by atoms with Crippen molar-refractivity contribution in [2.45, 2.75) is 27.2 Å². The molecule has 2 rings (SSSR count). The zero-order valence-electron chi connectivity index (χ0n) is 12.2. The van der Waals surface area contributed by atoms with Crippen LogP contribution in [0.3, 0.4) is 0 Å². The molecule has 1 aromatic heterocycles. The Bertz CT molecular complexity index is 677. The molecule has 1 aromatic carbocycles. The summed E-state index contributed by atoms with van der Waals surface area (Å²) in [5.74, 6) is -0.235. The van der Waals surface area contributed by atoms with Crippen LogP contribution in [0.2, 0.25) is 0 Å². The average molecular weight is 349 g/mol. The Morgan fingerprint density at radius 2 is 2.00 bits per heavy atom. The third-order valence-corrected chi connectivity index (χ3v) is 3.70. The number of hydrogen-bond donors (Lipinski definition) is 2. The number of hydrogen-bond acceptors (Lipinski definition) is 4. The van der Waals surface area contributed by atoms with Crippen LogP contribution in [0.4, 0.5) is 11.4 Å². The first-order valence-corrected chi connectivity index (χ1v) is 7.41. The highest BCUT2D eigenvalue weighted by molar-refractivity contribution is 9.10. The molecule has 6 heteroatoms. The predicted molar refractivity (Wildman–Crippen MR) is 87.4 cm³/mol. The van der Waals surface area contributed by atoms with Gasteiger partial charge in [0.05, 0.1) is 28.3 Å². The van der Waals surface area contributed by atoms with Crippen LogP contribution in [0.1, 0.15) is 34.2 Å². The van der Waals surface area contributed by atoms with Gasteiger partial charge in [-0.3, -0.25) is 4.79 Å². The second kappa shape index (κ2) is 6.22. The first-order chi connectivity index (χ1) is 9.92. The fourth-order valence-corrected chi connectivity index (χ4v) is 2.74. The molecule has 0 aliphatic rings. The first kappa shape index (κ1) is 15.4. The third kappa shape index (κ3) is 3.39. The summed E-state index contributed by atoms with van der Waals surface area (Å²) in [6.45, 7) is 5.68. The second-order valence-corrected chi connectivity index (χ2v) is 5.72. The van der Waals surface area contributed by atoms with E-state index in [4.69, 9.17) is 5.73 Å². The number of halogens is 1. The molecular formula is C15H17BrN4O.